The van der Waals surface area contributed by atoms with Crippen molar-refractivity contribution in [2.75, 3.05) is 13.2 Å². The number of amides is 1. The van der Waals surface area contributed by atoms with E-state index in [4.69, 9.17) is 10.5 Å². The standard InChI is InChI=1S/C17H26N2O2/c1-12(2)9-10-21-15-7-5-14(6-8-15)17(20)19-11-16(18)13-3-4-13/h5-8,12-13,16H,3-4,9-11,18H2,1-2H3,(H,19,20). The van der Waals surface area contributed by atoms with E-state index in [-0.39, 0.29) is 11.9 Å². The Bertz CT molecular complexity index is 452. The first-order valence-corrected chi connectivity index (χ1v) is 7.83. The van der Waals surface area contributed by atoms with Gasteiger partial charge in [0, 0.05) is 18.2 Å². The summed E-state index contributed by atoms with van der Waals surface area (Å²) in [5, 5.41) is 2.89. The second kappa shape index (κ2) is 7.46. The molecule has 0 bridgehead atoms. The molecule has 0 aromatic heterocycles. The van der Waals surface area contributed by atoms with Crippen LogP contribution in [0.4, 0.5) is 0 Å². The highest BCUT2D eigenvalue weighted by atomic mass is 16.5. The highest BCUT2D eigenvalue weighted by Crippen LogP contribution is 2.31. The van der Waals surface area contributed by atoms with E-state index in [1.54, 1.807) is 12.1 Å². The summed E-state index contributed by atoms with van der Waals surface area (Å²) < 4.78 is 5.64. The lowest BCUT2D eigenvalue weighted by atomic mass is 10.1. The van der Waals surface area contributed by atoms with Crippen molar-refractivity contribution >= 4 is 5.91 Å². The monoisotopic (exact) mass is 290 g/mol. The van der Waals surface area contributed by atoms with Crippen molar-refractivity contribution < 1.29 is 9.53 Å². The summed E-state index contributed by atoms with van der Waals surface area (Å²) in [4.78, 5) is 12.0. The molecule has 1 aromatic carbocycles. The molecule has 1 aliphatic carbocycles. The van der Waals surface area contributed by atoms with E-state index in [9.17, 15) is 4.79 Å². The second-order valence-corrected chi connectivity index (χ2v) is 6.27. The van der Waals surface area contributed by atoms with Crippen LogP contribution in [0.15, 0.2) is 24.3 Å². The number of benzene rings is 1. The fourth-order valence-corrected chi connectivity index (χ4v) is 2.12. The fraction of sp³-hybridized carbons (Fsp3) is 0.588. The van der Waals surface area contributed by atoms with Crippen molar-refractivity contribution in [1.82, 2.24) is 5.32 Å². The number of hydrogen-bond acceptors (Lipinski definition) is 3. The van der Waals surface area contributed by atoms with Gasteiger partial charge in [0.1, 0.15) is 5.75 Å². The third kappa shape index (κ3) is 5.38. The first-order chi connectivity index (χ1) is 10.1. The van der Waals surface area contributed by atoms with Gasteiger partial charge in [-0.2, -0.15) is 0 Å². The maximum absolute atomic E-state index is 12.0. The molecule has 1 aliphatic rings. The smallest absolute Gasteiger partial charge is 0.251 e. The number of carbonyl (C=O) groups is 1. The predicted molar refractivity (Wildman–Crippen MR) is 84.4 cm³/mol. The molecule has 1 atom stereocenters. The number of nitrogens with two attached hydrogens (primary N) is 1. The predicted octanol–water partition coefficient (Wildman–Crippen LogP) is 2.58. The molecule has 116 valence electrons. The summed E-state index contributed by atoms with van der Waals surface area (Å²) in [5.41, 5.74) is 6.62. The molecule has 1 unspecified atom stereocenters. The second-order valence-electron chi connectivity index (χ2n) is 6.27. The minimum atomic E-state index is -0.0696. The lowest BCUT2D eigenvalue weighted by Crippen LogP contribution is -2.38. The average Bonchev–Trinajstić information content (AvgIpc) is 3.29. The van der Waals surface area contributed by atoms with Gasteiger partial charge in [-0.15, -0.1) is 0 Å². The summed E-state index contributed by atoms with van der Waals surface area (Å²) in [6.45, 7) is 5.60. The maximum Gasteiger partial charge on any atom is 0.251 e. The van der Waals surface area contributed by atoms with Crippen LogP contribution in [0.1, 0.15) is 43.5 Å². The van der Waals surface area contributed by atoms with Crippen LogP contribution in [0.25, 0.3) is 0 Å². The number of hydrogen-bond donors (Lipinski definition) is 2. The Kier molecular flexibility index (Phi) is 5.62. The van der Waals surface area contributed by atoms with Gasteiger partial charge in [-0.25, -0.2) is 0 Å². The quantitative estimate of drug-likeness (QED) is 0.773. The molecule has 2 rings (SSSR count). The van der Waals surface area contributed by atoms with E-state index < -0.39 is 0 Å². The zero-order chi connectivity index (χ0) is 15.2. The van der Waals surface area contributed by atoms with E-state index in [2.05, 4.69) is 19.2 Å². The van der Waals surface area contributed by atoms with E-state index in [1.807, 2.05) is 12.1 Å². The molecule has 1 saturated carbocycles. The highest BCUT2D eigenvalue weighted by Gasteiger charge is 2.28. The summed E-state index contributed by atoms with van der Waals surface area (Å²) in [7, 11) is 0. The normalized spacial score (nSPS) is 15.8. The summed E-state index contributed by atoms with van der Waals surface area (Å²) in [5.74, 6) is 1.97. The van der Waals surface area contributed by atoms with E-state index in [1.165, 1.54) is 12.8 Å². The lowest BCUT2D eigenvalue weighted by molar-refractivity contribution is 0.0950. The maximum atomic E-state index is 12.0. The minimum Gasteiger partial charge on any atom is -0.494 e. The van der Waals surface area contributed by atoms with Crippen LogP contribution in [-0.4, -0.2) is 25.1 Å². The Balaban J connectivity index is 1.76. The Labute approximate surface area is 127 Å². The molecule has 21 heavy (non-hydrogen) atoms. The summed E-state index contributed by atoms with van der Waals surface area (Å²) in [6, 6.07) is 7.37. The molecule has 3 N–H and O–H groups in total. The number of ether oxygens (including phenoxy) is 1. The third-order valence-electron chi connectivity index (χ3n) is 3.81. The Hall–Kier alpha value is -1.55. The van der Waals surface area contributed by atoms with Crippen LogP contribution >= 0.6 is 0 Å². The molecule has 0 radical (unpaired) electrons. The molecular weight excluding hydrogens is 264 g/mol. The van der Waals surface area contributed by atoms with E-state index >= 15 is 0 Å². The average molecular weight is 290 g/mol. The van der Waals surface area contributed by atoms with Crippen molar-refractivity contribution in [2.45, 2.75) is 39.2 Å². The van der Waals surface area contributed by atoms with E-state index in [0.29, 0.717) is 30.6 Å². The first kappa shape index (κ1) is 15.8. The molecule has 4 nitrogen and oxygen atoms in total. The van der Waals surface area contributed by atoms with Crippen LogP contribution in [0, 0.1) is 11.8 Å². The van der Waals surface area contributed by atoms with Gasteiger partial charge in [0.15, 0.2) is 0 Å². The largest absolute Gasteiger partial charge is 0.494 e. The molecular formula is C17H26N2O2. The molecule has 4 heteroatoms. The van der Waals surface area contributed by atoms with Crippen molar-refractivity contribution in [1.29, 1.82) is 0 Å². The van der Waals surface area contributed by atoms with Gasteiger partial charge in [-0.05, 0) is 55.4 Å². The highest BCUT2D eigenvalue weighted by molar-refractivity contribution is 5.94. The van der Waals surface area contributed by atoms with Gasteiger partial charge >= 0.3 is 0 Å². The first-order valence-electron chi connectivity index (χ1n) is 7.83. The Morgan fingerprint density at radius 3 is 2.57 bits per heavy atom. The van der Waals surface area contributed by atoms with Crippen LogP contribution in [-0.2, 0) is 0 Å². The SMILES string of the molecule is CC(C)CCOc1ccc(C(=O)NCC(N)C2CC2)cc1. The van der Waals surface area contributed by atoms with Crippen LogP contribution in [0.2, 0.25) is 0 Å². The molecule has 0 aliphatic heterocycles. The van der Waals surface area contributed by atoms with Gasteiger partial charge < -0.3 is 15.8 Å². The van der Waals surface area contributed by atoms with Crippen molar-refractivity contribution in [3.8, 4) is 5.75 Å². The zero-order valence-corrected chi connectivity index (χ0v) is 13.0. The van der Waals surface area contributed by atoms with Gasteiger partial charge in [-0.1, -0.05) is 13.8 Å². The topological polar surface area (TPSA) is 64.3 Å². The van der Waals surface area contributed by atoms with E-state index in [0.717, 1.165) is 12.2 Å². The van der Waals surface area contributed by atoms with Gasteiger partial charge in [0.25, 0.3) is 5.91 Å². The fourth-order valence-electron chi connectivity index (χ4n) is 2.12. The third-order valence-corrected chi connectivity index (χ3v) is 3.81. The van der Waals surface area contributed by atoms with Crippen LogP contribution in [0.5, 0.6) is 5.75 Å². The molecule has 0 heterocycles. The number of rotatable bonds is 8. The molecule has 0 saturated heterocycles. The van der Waals surface area contributed by atoms with Crippen LogP contribution in [0.3, 0.4) is 0 Å². The van der Waals surface area contributed by atoms with Crippen molar-refractivity contribution in [2.24, 2.45) is 17.6 Å². The van der Waals surface area contributed by atoms with Gasteiger partial charge in [0.2, 0.25) is 0 Å². The molecule has 1 amide bonds. The van der Waals surface area contributed by atoms with Gasteiger partial charge in [-0.3, -0.25) is 4.79 Å². The van der Waals surface area contributed by atoms with Crippen LogP contribution < -0.4 is 15.8 Å². The van der Waals surface area contributed by atoms with Gasteiger partial charge in [0.05, 0.1) is 6.61 Å². The lowest BCUT2D eigenvalue weighted by Gasteiger charge is -2.12. The summed E-state index contributed by atoms with van der Waals surface area (Å²) in [6.07, 6.45) is 3.42. The molecule has 0 spiro atoms. The Morgan fingerprint density at radius 1 is 1.33 bits per heavy atom. The molecule has 1 aromatic rings. The number of carbonyl (C=O) groups excluding carboxylic acids is 1. The van der Waals surface area contributed by atoms with Crippen molar-refractivity contribution in [3.05, 3.63) is 29.8 Å². The zero-order valence-electron chi connectivity index (χ0n) is 13.0. The minimum absolute atomic E-state index is 0.0696. The Morgan fingerprint density at radius 2 is 2.00 bits per heavy atom. The molecule has 1 fully saturated rings. The van der Waals surface area contributed by atoms with Crippen molar-refractivity contribution in [3.63, 3.8) is 0 Å². The number of nitrogens with one attached hydrogen (secondary N) is 1. The summed E-state index contributed by atoms with van der Waals surface area (Å²) >= 11 is 0.